The van der Waals surface area contributed by atoms with E-state index in [0.717, 1.165) is 29.9 Å². The highest BCUT2D eigenvalue weighted by molar-refractivity contribution is 5.91. The summed E-state index contributed by atoms with van der Waals surface area (Å²) in [6.45, 7) is 8.43. The van der Waals surface area contributed by atoms with Gasteiger partial charge >= 0.3 is 5.63 Å². The van der Waals surface area contributed by atoms with Crippen LogP contribution in [0.3, 0.4) is 0 Å². The maximum absolute atomic E-state index is 12.0. The van der Waals surface area contributed by atoms with Crippen LogP contribution in [-0.2, 0) is 0 Å². The number of fused-ring (bicyclic) bond motifs is 1. The average molecular weight is 328 g/mol. The normalized spacial score (nSPS) is 21.0. The van der Waals surface area contributed by atoms with Gasteiger partial charge in [-0.3, -0.25) is 0 Å². The first-order valence-electron chi connectivity index (χ1n) is 9.21. The third-order valence-corrected chi connectivity index (χ3v) is 5.31. The summed E-state index contributed by atoms with van der Waals surface area (Å²) < 4.78 is 5.48. The van der Waals surface area contributed by atoms with Gasteiger partial charge in [0.15, 0.2) is 0 Å². The number of hydrogen-bond donors (Lipinski definition) is 1. The number of benzene rings is 1. The molecule has 0 radical (unpaired) electrons. The minimum Gasteiger partial charge on any atom is -0.423 e. The van der Waals surface area contributed by atoms with Crippen molar-refractivity contribution in [3.8, 4) is 0 Å². The van der Waals surface area contributed by atoms with E-state index in [4.69, 9.17) is 4.42 Å². The minimum absolute atomic E-state index is 0.287. The average Bonchev–Trinajstić information content (AvgIpc) is 2.57. The van der Waals surface area contributed by atoms with Gasteiger partial charge in [-0.1, -0.05) is 19.8 Å². The second kappa shape index (κ2) is 7.29. The molecule has 1 aromatic heterocycles. The van der Waals surface area contributed by atoms with Crippen LogP contribution >= 0.6 is 0 Å². The monoisotopic (exact) mass is 328 g/mol. The van der Waals surface area contributed by atoms with E-state index in [0.29, 0.717) is 17.5 Å². The molecule has 1 aromatic carbocycles. The molecule has 1 aliphatic rings. The maximum Gasteiger partial charge on any atom is 0.338 e. The molecule has 0 bridgehead atoms. The molecule has 2 unspecified atom stereocenters. The van der Waals surface area contributed by atoms with Crippen molar-refractivity contribution in [2.24, 2.45) is 5.92 Å². The van der Waals surface area contributed by atoms with Crippen molar-refractivity contribution in [3.63, 3.8) is 0 Å². The molecule has 2 atom stereocenters. The van der Waals surface area contributed by atoms with Gasteiger partial charge in [-0.05, 0) is 44.7 Å². The number of nitrogens with zero attached hydrogens (tertiary/aromatic N) is 1. The predicted molar refractivity (Wildman–Crippen MR) is 101 cm³/mol. The number of rotatable bonds is 5. The number of hydrogen-bond acceptors (Lipinski definition) is 4. The minimum atomic E-state index is -0.287. The van der Waals surface area contributed by atoms with Crippen LogP contribution in [0, 0.1) is 5.92 Å². The zero-order valence-corrected chi connectivity index (χ0v) is 15.0. The molecule has 24 heavy (non-hydrogen) atoms. The predicted octanol–water partition coefficient (Wildman–Crippen LogP) is 4.63. The van der Waals surface area contributed by atoms with Gasteiger partial charge in [-0.2, -0.15) is 0 Å². The van der Waals surface area contributed by atoms with Crippen molar-refractivity contribution in [2.75, 3.05) is 23.3 Å². The Morgan fingerprint density at radius 1 is 1.17 bits per heavy atom. The van der Waals surface area contributed by atoms with E-state index in [1.54, 1.807) is 6.07 Å². The van der Waals surface area contributed by atoms with Crippen molar-refractivity contribution in [1.29, 1.82) is 0 Å². The van der Waals surface area contributed by atoms with E-state index in [-0.39, 0.29) is 5.63 Å². The topological polar surface area (TPSA) is 45.5 Å². The van der Waals surface area contributed by atoms with Crippen LogP contribution in [0.2, 0.25) is 0 Å². The molecule has 3 rings (SSSR count). The lowest BCUT2D eigenvalue weighted by molar-refractivity contribution is 0.349. The smallest absolute Gasteiger partial charge is 0.338 e. The van der Waals surface area contributed by atoms with Gasteiger partial charge in [0.05, 0.1) is 5.69 Å². The highest BCUT2D eigenvalue weighted by Crippen LogP contribution is 2.31. The lowest BCUT2D eigenvalue weighted by Gasteiger charge is -2.30. The summed E-state index contributed by atoms with van der Waals surface area (Å²) in [6, 6.07) is 8.21. The van der Waals surface area contributed by atoms with Crippen LogP contribution in [-0.4, -0.2) is 19.1 Å². The summed E-state index contributed by atoms with van der Waals surface area (Å²) in [7, 11) is 0. The van der Waals surface area contributed by atoms with Crippen molar-refractivity contribution in [3.05, 3.63) is 34.7 Å². The highest BCUT2D eigenvalue weighted by atomic mass is 16.4. The van der Waals surface area contributed by atoms with E-state index in [1.807, 2.05) is 6.07 Å². The third-order valence-electron chi connectivity index (χ3n) is 5.31. The lowest BCUT2D eigenvalue weighted by atomic mass is 9.86. The van der Waals surface area contributed by atoms with Gasteiger partial charge in [0, 0.05) is 42.3 Å². The summed E-state index contributed by atoms with van der Waals surface area (Å²) in [4.78, 5) is 14.3. The summed E-state index contributed by atoms with van der Waals surface area (Å²) in [5.41, 5.74) is 2.38. The van der Waals surface area contributed by atoms with Crippen LogP contribution < -0.4 is 15.8 Å². The Balaban J connectivity index is 1.97. The van der Waals surface area contributed by atoms with Gasteiger partial charge in [0.25, 0.3) is 0 Å². The second-order valence-electron chi connectivity index (χ2n) is 6.84. The molecule has 1 saturated carbocycles. The quantitative estimate of drug-likeness (QED) is 0.813. The van der Waals surface area contributed by atoms with E-state index < -0.39 is 0 Å². The van der Waals surface area contributed by atoms with Crippen LogP contribution in [0.1, 0.15) is 46.5 Å². The molecule has 0 amide bonds. The van der Waals surface area contributed by atoms with Gasteiger partial charge in [-0.25, -0.2) is 4.79 Å². The maximum atomic E-state index is 12.0. The zero-order chi connectivity index (χ0) is 17.1. The molecule has 0 saturated heterocycles. The van der Waals surface area contributed by atoms with Crippen molar-refractivity contribution >= 4 is 22.3 Å². The van der Waals surface area contributed by atoms with Crippen LogP contribution in [0.15, 0.2) is 33.5 Å². The lowest BCUT2D eigenvalue weighted by Crippen LogP contribution is -2.30. The number of nitrogens with one attached hydrogen (secondary N) is 1. The summed E-state index contributed by atoms with van der Waals surface area (Å²) in [6.07, 6.45) is 4.99. The molecule has 1 aliphatic carbocycles. The number of anilines is 2. The van der Waals surface area contributed by atoms with Gasteiger partial charge < -0.3 is 14.6 Å². The largest absolute Gasteiger partial charge is 0.423 e. The van der Waals surface area contributed by atoms with Crippen LogP contribution in [0.25, 0.3) is 11.0 Å². The Kier molecular flexibility index (Phi) is 5.12. The third kappa shape index (κ3) is 3.42. The Bertz CT molecular complexity index is 749. The molecular formula is C20H28N2O2. The zero-order valence-electron chi connectivity index (χ0n) is 15.0. The first-order chi connectivity index (χ1) is 11.6. The molecule has 1 N–H and O–H groups in total. The van der Waals surface area contributed by atoms with Crippen LogP contribution in [0.4, 0.5) is 11.4 Å². The molecule has 1 heterocycles. The fourth-order valence-electron chi connectivity index (χ4n) is 3.79. The Hall–Kier alpha value is -1.97. The van der Waals surface area contributed by atoms with E-state index in [2.05, 4.69) is 43.1 Å². The Morgan fingerprint density at radius 3 is 2.62 bits per heavy atom. The van der Waals surface area contributed by atoms with Gasteiger partial charge in [-0.15, -0.1) is 0 Å². The van der Waals surface area contributed by atoms with Gasteiger partial charge in [0.1, 0.15) is 5.58 Å². The molecule has 1 fully saturated rings. The fourth-order valence-corrected chi connectivity index (χ4v) is 3.79. The van der Waals surface area contributed by atoms with E-state index in [9.17, 15) is 4.79 Å². The highest BCUT2D eigenvalue weighted by Gasteiger charge is 2.22. The molecular weight excluding hydrogens is 300 g/mol. The standard InChI is InChI=1S/C20H28N2O2/c1-4-22(5-2)15-10-11-16-18(13-20(23)24-19(16)12-15)21-17-9-7-6-8-14(17)3/h10-14,17,21H,4-9H2,1-3H3. The second-order valence-corrected chi connectivity index (χ2v) is 6.84. The van der Waals surface area contributed by atoms with E-state index >= 15 is 0 Å². The first-order valence-corrected chi connectivity index (χ1v) is 9.21. The Labute approximate surface area is 143 Å². The van der Waals surface area contributed by atoms with Crippen molar-refractivity contribution < 1.29 is 4.42 Å². The molecule has 0 aliphatic heterocycles. The molecule has 130 valence electrons. The summed E-state index contributed by atoms with van der Waals surface area (Å²) in [5.74, 6) is 0.635. The molecule has 4 heteroatoms. The molecule has 2 aromatic rings. The first kappa shape index (κ1) is 16.9. The summed E-state index contributed by atoms with van der Waals surface area (Å²) in [5, 5.41) is 4.61. The van der Waals surface area contributed by atoms with Crippen molar-refractivity contribution in [1.82, 2.24) is 0 Å². The van der Waals surface area contributed by atoms with E-state index in [1.165, 1.54) is 25.7 Å². The molecule has 0 spiro atoms. The SMILES string of the molecule is CCN(CC)c1ccc2c(NC3CCCCC3C)cc(=O)oc2c1. The van der Waals surface area contributed by atoms with Crippen LogP contribution in [0.5, 0.6) is 0 Å². The van der Waals surface area contributed by atoms with Gasteiger partial charge in [0.2, 0.25) is 0 Å². The fraction of sp³-hybridized carbons (Fsp3) is 0.550. The van der Waals surface area contributed by atoms with Crippen molar-refractivity contribution in [2.45, 2.75) is 52.5 Å². The molecule has 4 nitrogen and oxygen atoms in total. The summed E-state index contributed by atoms with van der Waals surface area (Å²) >= 11 is 0. The Morgan fingerprint density at radius 2 is 1.92 bits per heavy atom.